The third kappa shape index (κ3) is 3.75. The standard InChI is InChI=1S/C16H16F4N4O/c1-2-21-12-5-6-13(12)22-8-9-3-4-10(11(17)7-9)14-23-15(25-24-14)16(18,19)20/h3-4,7,21-22H,2,5-6,8H2,1H3. The number of nitrogens with one attached hydrogen (secondary N) is 2. The van der Waals surface area contributed by atoms with Gasteiger partial charge in [0.25, 0.3) is 0 Å². The summed E-state index contributed by atoms with van der Waals surface area (Å²) in [7, 11) is 0. The summed E-state index contributed by atoms with van der Waals surface area (Å²) in [5, 5.41) is 9.67. The van der Waals surface area contributed by atoms with E-state index in [-0.39, 0.29) is 5.56 Å². The van der Waals surface area contributed by atoms with Gasteiger partial charge in [-0.3, -0.25) is 0 Å². The van der Waals surface area contributed by atoms with Crippen molar-refractivity contribution < 1.29 is 22.1 Å². The number of allylic oxidation sites excluding steroid dienone is 2. The molecule has 25 heavy (non-hydrogen) atoms. The van der Waals surface area contributed by atoms with Crippen molar-refractivity contribution >= 4 is 0 Å². The van der Waals surface area contributed by atoms with Gasteiger partial charge in [0.1, 0.15) is 5.82 Å². The van der Waals surface area contributed by atoms with Gasteiger partial charge in [0.2, 0.25) is 5.82 Å². The summed E-state index contributed by atoms with van der Waals surface area (Å²) < 4.78 is 55.8. The second-order valence-electron chi connectivity index (χ2n) is 5.58. The molecule has 1 aromatic heterocycles. The molecule has 0 aliphatic heterocycles. The zero-order valence-electron chi connectivity index (χ0n) is 13.4. The minimum Gasteiger partial charge on any atom is -0.387 e. The molecule has 0 atom stereocenters. The summed E-state index contributed by atoms with van der Waals surface area (Å²) in [6.45, 7) is 3.27. The molecule has 0 unspecified atom stereocenters. The highest BCUT2D eigenvalue weighted by Gasteiger charge is 2.38. The lowest BCUT2D eigenvalue weighted by atomic mass is 10.0. The van der Waals surface area contributed by atoms with Gasteiger partial charge < -0.3 is 15.2 Å². The van der Waals surface area contributed by atoms with Gasteiger partial charge in [0.15, 0.2) is 0 Å². The number of aromatic nitrogens is 2. The minimum absolute atomic E-state index is 0.140. The molecule has 1 aliphatic rings. The first-order valence-electron chi connectivity index (χ1n) is 7.78. The van der Waals surface area contributed by atoms with E-state index in [9.17, 15) is 17.6 Å². The van der Waals surface area contributed by atoms with E-state index in [0.29, 0.717) is 12.1 Å². The van der Waals surface area contributed by atoms with E-state index in [2.05, 4.69) is 25.3 Å². The van der Waals surface area contributed by atoms with Crippen LogP contribution in [0.3, 0.4) is 0 Å². The van der Waals surface area contributed by atoms with E-state index >= 15 is 0 Å². The largest absolute Gasteiger partial charge is 0.471 e. The Morgan fingerprint density at radius 3 is 2.44 bits per heavy atom. The summed E-state index contributed by atoms with van der Waals surface area (Å²) >= 11 is 0. The number of alkyl halides is 3. The van der Waals surface area contributed by atoms with Crippen LogP contribution in [0.2, 0.25) is 0 Å². The zero-order valence-corrected chi connectivity index (χ0v) is 13.4. The predicted octanol–water partition coefficient (Wildman–Crippen LogP) is 3.60. The molecular formula is C16H16F4N4O. The van der Waals surface area contributed by atoms with Gasteiger partial charge in [0, 0.05) is 24.5 Å². The van der Waals surface area contributed by atoms with Crippen molar-refractivity contribution in [3.8, 4) is 11.4 Å². The first kappa shape index (κ1) is 17.2. The molecule has 3 rings (SSSR count). The monoisotopic (exact) mass is 356 g/mol. The fraction of sp³-hybridized carbons (Fsp3) is 0.375. The van der Waals surface area contributed by atoms with Crippen molar-refractivity contribution in [2.24, 2.45) is 0 Å². The molecule has 2 aromatic rings. The summed E-state index contributed by atoms with van der Waals surface area (Å²) in [5.74, 6) is -2.63. The van der Waals surface area contributed by atoms with Gasteiger partial charge in [-0.05, 0) is 37.5 Å². The summed E-state index contributed by atoms with van der Waals surface area (Å²) in [6.07, 6.45) is -2.83. The van der Waals surface area contributed by atoms with Crippen molar-refractivity contribution in [1.29, 1.82) is 0 Å². The van der Waals surface area contributed by atoms with Gasteiger partial charge >= 0.3 is 12.1 Å². The Kier molecular flexibility index (Phi) is 4.65. The van der Waals surface area contributed by atoms with E-state index in [1.54, 1.807) is 6.07 Å². The Bertz CT molecular complexity index is 798. The minimum atomic E-state index is -4.76. The van der Waals surface area contributed by atoms with E-state index in [4.69, 9.17) is 0 Å². The highest BCUT2D eigenvalue weighted by molar-refractivity contribution is 5.56. The Balaban J connectivity index is 1.71. The normalized spacial score (nSPS) is 14.4. The average Bonchev–Trinajstić information content (AvgIpc) is 3.02. The van der Waals surface area contributed by atoms with Crippen LogP contribution in [-0.4, -0.2) is 16.7 Å². The van der Waals surface area contributed by atoms with Crippen LogP contribution < -0.4 is 10.6 Å². The molecule has 1 aliphatic carbocycles. The topological polar surface area (TPSA) is 63.0 Å². The molecule has 9 heteroatoms. The van der Waals surface area contributed by atoms with Crippen LogP contribution in [0.4, 0.5) is 17.6 Å². The number of nitrogens with zero attached hydrogens (tertiary/aromatic N) is 2. The molecule has 0 saturated carbocycles. The summed E-state index contributed by atoms with van der Waals surface area (Å²) in [6, 6.07) is 4.21. The van der Waals surface area contributed by atoms with Crippen molar-refractivity contribution in [1.82, 2.24) is 20.8 Å². The molecule has 0 fully saturated rings. The molecule has 2 N–H and O–H groups in total. The maximum Gasteiger partial charge on any atom is 0.471 e. The Hall–Kier alpha value is -2.58. The third-order valence-electron chi connectivity index (χ3n) is 3.83. The summed E-state index contributed by atoms with van der Waals surface area (Å²) in [4.78, 5) is 3.20. The molecule has 5 nitrogen and oxygen atoms in total. The van der Waals surface area contributed by atoms with Crippen molar-refractivity contribution in [3.63, 3.8) is 0 Å². The van der Waals surface area contributed by atoms with Gasteiger partial charge in [0.05, 0.1) is 5.56 Å². The molecule has 0 bridgehead atoms. The van der Waals surface area contributed by atoms with Crippen LogP contribution in [0.5, 0.6) is 0 Å². The average molecular weight is 356 g/mol. The van der Waals surface area contributed by atoms with Crippen LogP contribution in [0.1, 0.15) is 31.2 Å². The van der Waals surface area contributed by atoms with E-state index in [1.807, 2.05) is 6.92 Å². The lowest BCUT2D eigenvalue weighted by molar-refractivity contribution is -0.159. The molecule has 0 saturated heterocycles. The second kappa shape index (κ2) is 6.73. The van der Waals surface area contributed by atoms with E-state index < -0.39 is 23.7 Å². The van der Waals surface area contributed by atoms with Gasteiger partial charge in [-0.25, -0.2) is 4.39 Å². The molecule has 1 heterocycles. The fourth-order valence-electron chi connectivity index (χ4n) is 2.49. The van der Waals surface area contributed by atoms with Gasteiger partial charge in [-0.15, -0.1) is 0 Å². The number of rotatable bonds is 6. The Morgan fingerprint density at radius 1 is 1.16 bits per heavy atom. The van der Waals surface area contributed by atoms with Crippen molar-refractivity contribution in [2.45, 2.75) is 32.5 Å². The van der Waals surface area contributed by atoms with Crippen LogP contribution in [0.25, 0.3) is 11.4 Å². The SMILES string of the molecule is CCNC1=C(NCc2ccc(-c3noc(C(F)(F)F)n3)c(F)c2)CC1. The quantitative estimate of drug-likeness (QED) is 0.775. The number of hydrogen-bond acceptors (Lipinski definition) is 5. The van der Waals surface area contributed by atoms with E-state index in [0.717, 1.165) is 30.8 Å². The first-order chi connectivity index (χ1) is 11.9. The third-order valence-corrected chi connectivity index (χ3v) is 3.83. The lowest BCUT2D eigenvalue weighted by Crippen LogP contribution is -2.28. The number of halogens is 4. The van der Waals surface area contributed by atoms with Crippen molar-refractivity contribution in [3.05, 3.63) is 46.9 Å². The molecule has 0 radical (unpaired) electrons. The molecular weight excluding hydrogens is 340 g/mol. The van der Waals surface area contributed by atoms with Gasteiger partial charge in [-0.1, -0.05) is 11.2 Å². The zero-order chi connectivity index (χ0) is 18.0. The Morgan fingerprint density at radius 2 is 1.88 bits per heavy atom. The van der Waals surface area contributed by atoms with Crippen LogP contribution in [0, 0.1) is 5.82 Å². The molecule has 0 amide bonds. The van der Waals surface area contributed by atoms with Crippen LogP contribution in [-0.2, 0) is 12.7 Å². The number of hydrogen-bond donors (Lipinski definition) is 2. The molecule has 1 aromatic carbocycles. The van der Waals surface area contributed by atoms with Crippen molar-refractivity contribution in [2.75, 3.05) is 6.54 Å². The molecule has 0 spiro atoms. The van der Waals surface area contributed by atoms with Gasteiger partial charge in [-0.2, -0.15) is 18.2 Å². The predicted molar refractivity (Wildman–Crippen MR) is 81.5 cm³/mol. The maximum absolute atomic E-state index is 14.2. The van der Waals surface area contributed by atoms with Crippen LogP contribution in [0.15, 0.2) is 34.1 Å². The smallest absolute Gasteiger partial charge is 0.387 e. The summed E-state index contributed by atoms with van der Waals surface area (Å²) in [5.41, 5.74) is 2.78. The highest BCUT2D eigenvalue weighted by Crippen LogP contribution is 2.30. The first-order valence-corrected chi connectivity index (χ1v) is 7.78. The molecule has 134 valence electrons. The fourth-order valence-corrected chi connectivity index (χ4v) is 2.49. The van der Waals surface area contributed by atoms with Crippen LogP contribution >= 0.6 is 0 Å². The lowest BCUT2D eigenvalue weighted by Gasteiger charge is -2.25. The Labute approximate surface area is 141 Å². The number of benzene rings is 1. The highest BCUT2D eigenvalue weighted by atomic mass is 19.4. The maximum atomic E-state index is 14.2. The second-order valence-corrected chi connectivity index (χ2v) is 5.58. The van der Waals surface area contributed by atoms with E-state index in [1.165, 1.54) is 12.1 Å².